The van der Waals surface area contributed by atoms with E-state index in [1.54, 1.807) is 12.1 Å². The number of carbonyl (C=O) groups excluding carboxylic acids is 1. The van der Waals surface area contributed by atoms with Crippen LogP contribution in [0.3, 0.4) is 0 Å². The van der Waals surface area contributed by atoms with Gasteiger partial charge < -0.3 is 5.32 Å². The lowest BCUT2D eigenvalue weighted by Crippen LogP contribution is -2.55. The van der Waals surface area contributed by atoms with Crippen molar-refractivity contribution in [2.24, 2.45) is 0 Å². The maximum Gasteiger partial charge on any atom is 0.251 e. The van der Waals surface area contributed by atoms with E-state index in [0.717, 1.165) is 25.5 Å². The fraction of sp³-hybridized carbons (Fsp3) is 0.462. The van der Waals surface area contributed by atoms with Gasteiger partial charge in [-0.05, 0) is 37.5 Å². The van der Waals surface area contributed by atoms with Crippen LogP contribution in [0.2, 0.25) is 0 Å². The van der Waals surface area contributed by atoms with E-state index < -0.39 is 9.84 Å². The third kappa shape index (κ3) is 3.09. The Balaban J connectivity index is 2.20. The van der Waals surface area contributed by atoms with Crippen LogP contribution in [0, 0.1) is 0 Å². The van der Waals surface area contributed by atoms with Crippen LogP contribution in [0.4, 0.5) is 0 Å². The van der Waals surface area contributed by atoms with Gasteiger partial charge in [-0.3, -0.25) is 4.79 Å². The molecule has 0 aliphatic heterocycles. The molecule has 6 heteroatoms. The van der Waals surface area contributed by atoms with Crippen molar-refractivity contribution < 1.29 is 13.2 Å². The molecular formula is C13H16ClNO3S. The van der Waals surface area contributed by atoms with E-state index in [9.17, 15) is 13.2 Å². The highest BCUT2D eigenvalue weighted by molar-refractivity contribution is 7.90. The molecule has 1 aliphatic carbocycles. The van der Waals surface area contributed by atoms with E-state index in [1.807, 2.05) is 0 Å². The SMILES string of the molecule is CS(=O)(=O)c1cccc(C(=O)NC2(CCl)CCC2)c1. The van der Waals surface area contributed by atoms with E-state index in [4.69, 9.17) is 11.6 Å². The van der Waals surface area contributed by atoms with Gasteiger partial charge in [0.2, 0.25) is 0 Å². The Bertz CT molecular complexity index is 588. The fourth-order valence-corrected chi connectivity index (χ4v) is 3.08. The summed E-state index contributed by atoms with van der Waals surface area (Å²) >= 11 is 5.88. The Morgan fingerprint density at radius 3 is 2.58 bits per heavy atom. The summed E-state index contributed by atoms with van der Waals surface area (Å²) in [7, 11) is -3.31. The first-order valence-corrected chi connectivity index (χ1v) is 8.48. The first kappa shape index (κ1) is 14.3. The van der Waals surface area contributed by atoms with Crippen LogP contribution in [0.25, 0.3) is 0 Å². The molecule has 0 radical (unpaired) electrons. The van der Waals surface area contributed by atoms with Gasteiger partial charge in [0, 0.05) is 17.7 Å². The van der Waals surface area contributed by atoms with E-state index in [0.29, 0.717) is 11.4 Å². The summed E-state index contributed by atoms with van der Waals surface area (Å²) in [5, 5.41) is 2.91. The summed E-state index contributed by atoms with van der Waals surface area (Å²) < 4.78 is 22.9. The third-order valence-electron chi connectivity index (χ3n) is 3.47. The Labute approximate surface area is 118 Å². The maximum absolute atomic E-state index is 12.1. The van der Waals surface area contributed by atoms with Crippen LogP contribution >= 0.6 is 11.6 Å². The van der Waals surface area contributed by atoms with E-state index >= 15 is 0 Å². The highest BCUT2D eigenvalue weighted by Gasteiger charge is 2.37. The summed E-state index contributed by atoms with van der Waals surface area (Å²) in [6.07, 6.45) is 3.91. The topological polar surface area (TPSA) is 63.2 Å². The molecule has 0 bridgehead atoms. The molecule has 1 saturated carbocycles. The normalized spacial score (nSPS) is 17.6. The fourth-order valence-electron chi connectivity index (χ4n) is 2.08. The highest BCUT2D eigenvalue weighted by Crippen LogP contribution is 2.33. The monoisotopic (exact) mass is 301 g/mol. The number of rotatable bonds is 4. The first-order valence-electron chi connectivity index (χ1n) is 6.05. The van der Waals surface area contributed by atoms with Crippen LogP contribution in [-0.4, -0.2) is 32.0 Å². The molecule has 0 unspecified atom stereocenters. The van der Waals surface area contributed by atoms with Crippen molar-refractivity contribution in [3.05, 3.63) is 29.8 Å². The van der Waals surface area contributed by atoms with Crippen molar-refractivity contribution in [2.45, 2.75) is 29.7 Å². The number of carbonyl (C=O) groups is 1. The smallest absolute Gasteiger partial charge is 0.251 e. The minimum absolute atomic E-state index is 0.147. The number of hydrogen-bond donors (Lipinski definition) is 1. The summed E-state index contributed by atoms with van der Waals surface area (Å²) in [5.41, 5.74) is 0.0269. The molecule has 0 saturated heterocycles. The molecule has 0 heterocycles. The van der Waals surface area contributed by atoms with Crippen LogP contribution in [0.1, 0.15) is 29.6 Å². The van der Waals surface area contributed by atoms with Gasteiger partial charge in [0.25, 0.3) is 5.91 Å². The average molecular weight is 302 g/mol. The Hall–Kier alpha value is -1.07. The molecule has 1 aromatic rings. The second kappa shape index (κ2) is 5.13. The zero-order valence-corrected chi connectivity index (χ0v) is 12.2. The molecule has 2 rings (SSSR count). The van der Waals surface area contributed by atoms with Crippen LogP contribution < -0.4 is 5.32 Å². The largest absolute Gasteiger partial charge is 0.345 e. The lowest BCUT2D eigenvalue weighted by Gasteiger charge is -2.41. The number of sulfone groups is 1. The van der Waals surface area contributed by atoms with Crippen molar-refractivity contribution in [3.63, 3.8) is 0 Å². The highest BCUT2D eigenvalue weighted by atomic mass is 35.5. The third-order valence-corrected chi connectivity index (χ3v) is 5.09. The van der Waals surface area contributed by atoms with Gasteiger partial charge in [0.05, 0.1) is 10.4 Å². The van der Waals surface area contributed by atoms with Gasteiger partial charge in [0.15, 0.2) is 9.84 Å². The standard InChI is InChI=1S/C13H16ClNO3S/c1-19(17,18)11-5-2-4-10(8-11)12(16)15-13(9-14)6-3-7-13/h2,4-5,8H,3,6-7,9H2,1H3,(H,15,16). The molecule has 1 aromatic carbocycles. The van der Waals surface area contributed by atoms with Crippen LogP contribution in [0.5, 0.6) is 0 Å². The zero-order valence-electron chi connectivity index (χ0n) is 10.6. The lowest BCUT2D eigenvalue weighted by molar-refractivity contribution is 0.0853. The summed E-state index contributed by atoms with van der Waals surface area (Å²) in [6.45, 7) is 0. The molecule has 0 spiro atoms. The predicted octanol–water partition coefficient (Wildman–Crippen LogP) is 1.98. The predicted molar refractivity (Wildman–Crippen MR) is 74.3 cm³/mol. The Kier molecular flexibility index (Phi) is 3.87. The molecular weight excluding hydrogens is 286 g/mol. The number of hydrogen-bond acceptors (Lipinski definition) is 3. The van der Waals surface area contributed by atoms with Gasteiger partial charge in [-0.25, -0.2) is 8.42 Å². The number of benzene rings is 1. The van der Waals surface area contributed by atoms with Gasteiger partial charge in [-0.2, -0.15) is 0 Å². The van der Waals surface area contributed by atoms with Crippen LogP contribution in [-0.2, 0) is 9.84 Å². The lowest BCUT2D eigenvalue weighted by atomic mass is 9.78. The van der Waals surface area contributed by atoms with Gasteiger partial charge >= 0.3 is 0 Å². The minimum atomic E-state index is -3.31. The minimum Gasteiger partial charge on any atom is -0.345 e. The second-order valence-electron chi connectivity index (χ2n) is 5.02. The number of nitrogens with one attached hydrogen (secondary N) is 1. The molecule has 1 fully saturated rings. The maximum atomic E-state index is 12.1. The van der Waals surface area contributed by atoms with Gasteiger partial charge in [0.1, 0.15) is 0 Å². The Morgan fingerprint density at radius 2 is 2.11 bits per heavy atom. The van der Waals surface area contributed by atoms with E-state index in [2.05, 4.69) is 5.32 Å². The summed E-state index contributed by atoms with van der Waals surface area (Å²) in [6, 6.07) is 6.04. The van der Waals surface area contributed by atoms with Crippen LogP contribution in [0.15, 0.2) is 29.2 Å². The first-order chi connectivity index (χ1) is 8.86. The quantitative estimate of drug-likeness (QED) is 0.865. The van der Waals surface area contributed by atoms with E-state index in [-0.39, 0.29) is 16.3 Å². The number of alkyl halides is 1. The Morgan fingerprint density at radius 1 is 1.42 bits per heavy atom. The molecule has 1 amide bonds. The molecule has 1 aliphatic rings. The number of halogens is 1. The summed E-state index contributed by atoms with van der Waals surface area (Å²) in [5.74, 6) is 0.107. The van der Waals surface area contributed by atoms with Gasteiger partial charge in [-0.1, -0.05) is 6.07 Å². The molecule has 0 aromatic heterocycles. The average Bonchev–Trinajstić information content (AvgIpc) is 2.32. The van der Waals surface area contributed by atoms with Crippen molar-refractivity contribution in [1.29, 1.82) is 0 Å². The molecule has 1 N–H and O–H groups in total. The van der Waals surface area contributed by atoms with Crippen molar-refractivity contribution >= 4 is 27.3 Å². The van der Waals surface area contributed by atoms with Crippen molar-refractivity contribution in [3.8, 4) is 0 Å². The zero-order chi connectivity index (χ0) is 14.1. The molecule has 19 heavy (non-hydrogen) atoms. The second-order valence-corrected chi connectivity index (χ2v) is 7.30. The molecule has 4 nitrogen and oxygen atoms in total. The van der Waals surface area contributed by atoms with Crippen molar-refractivity contribution in [2.75, 3.05) is 12.1 Å². The number of amides is 1. The summed E-state index contributed by atoms with van der Waals surface area (Å²) in [4.78, 5) is 12.3. The van der Waals surface area contributed by atoms with Gasteiger partial charge in [-0.15, -0.1) is 11.6 Å². The van der Waals surface area contributed by atoms with Crippen molar-refractivity contribution in [1.82, 2.24) is 5.32 Å². The molecule has 104 valence electrons. The van der Waals surface area contributed by atoms with E-state index in [1.165, 1.54) is 12.1 Å². The molecule has 0 atom stereocenters.